The average molecular weight is 245 g/mol. The topological polar surface area (TPSA) is 57.0 Å². The van der Waals surface area contributed by atoms with E-state index in [9.17, 15) is 4.79 Å². The van der Waals surface area contributed by atoms with Gasteiger partial charge in [0, 0.05) is 25.9 Å². The van der Waals surface area contributed by atoms with Crippen LogP contribution in [0.2, 0.25) is 0 Å². The number of Topliss-reactive ketones (excluding diaryl/α,β-unsaturated/α-hetero) is 1. The van der Waals surface area contributed by atoms with Gasteiger partial charge >= 0.3 is 0 Å². The van der Waals surface area contributed by atoms with Crippen LogP contribution in [0.25, 0.3) is 0 Å². The summed E-state index contributed by atoms with van der Waals surface area (Å²) >= 11 is 0. The van der Waals surface area contributed by atoms with Gasteiger partial charge < -0.3 is 4.74 Å². The Morgan fingerprint density at radius 2 is 2.11 bits per heavy atom. The van der Waals surface area contributed by atoms with E-state index in [0.717, 1.165) is 5.56 Å². The standard InChI is InChI=1S/C13H15N3O2/c1-16-13(12(18-2)9-15-16)11(17)4-3-10-5-7-14-8-6-10/h5-9H,3-4H2,1-2H3. The maximum absolute atomic E-state index is 12.1. The van der Waals surface area contributed by atoms with Crippen molar-refractivity contribution in [3.8, 4) is 5.75 Å². The van der Waals surface area contributed by atoms with Gasteiger partial charge in [-0.05, 0) is 24.1 Å². The molecule has 0 unspecified atom stereocenters. The van der Waals surface area contributed by atoms with E-state index in [2.05, 4.69) is 10.1 Å². The number of hydrogen-bond donors (Lipinski definition) is 0. The minimum Gasteiger partial charge on any atom is -0.493 e. The minimum atomic E-state index is 0.0312. The van der Waals surface area contributed by atoms with Crippen molar-refractivity contribution in [3.05, 3.63) is 42.0 Å². The molecule has 18 heavy (non-hydrogen) atoms. The Labute approximate surface area is 105 Å². The maximum Gasteiger partial charge on any atom is 0.184 e. The van der Waals surface area contributed by atoms with Crippen LogP contribution >= 0.6 is 0 Å². The second-order valence-corrected chi connectivity index (χ2v) is 3.96. The number of ether oxygens (including phenoxy) is 1. The highest BCUT2D eigenvalue weighted by Gasteiger charge is 2.17. The van der Waals surface area contributed by atoms with Crippen LogP contribution in [0.3, 0.4) is 0 Å². The molecule has 0 bridgehead atoms. The van der Waals surface area contributed by atoms with E-state index >= 15 is 0 Å². The number of pyridine rings is 1. The molecule has 2 rings (SSSR count). The summed E-state index contributed by atoms with van der Waals surface area (Å²) in [4.78, 5) is 16.1. The molecule has 0 radical (unpaired) electrons. The molecule has 0 aromatic carbocycles. The van der Waals surface area contributed by atoms with Gasteiger partial charge in [-0.25, -0.2) is 0 Å². The van der Waals surface area contributed by atoms with Gasteiger partial charge in [0.2, 0.25) is 0 Å². The Morgan fingerprint density at radius 3 is 2.78 bits per heavy atom. The van der Waals surface area contributed by atoms with Crippen LogP contribution in [0.1, 0.15) is 22.5 Å². The van der Waals surface area contributed by atoms with E-state index in [0.29, 0.717) is 24.3 Å². The first-order valence-corrected chi connectivity index (χ1v) is 5.70. The summed E-state index contributed by atoms with van der Waals surface area (Å²) in [6, 6.07) is 3.82. The van der Waals surface area contributed by atoms with E-state index in [1.54, 1.807) is 30.3 Å². The lowest BCUT2D eigenvalue weighted by Crippen LogP contribution is -2.09. The van der Waals surface area contributed by atoms with E-state index in [1.807, 2.05) is 12.1 Å². The molecule has 0 saturated carbocycles. The zero-order valence-corrected chi connectivity index (χ0v) is 10.5. The maximum atomic E-state index is 12.1. The Bertz CT molecular complexity index is 534. The first kappa shape index (κ1) is 12.3. The fourth-order valence-corrected chi connectivity index (χ4v) is 1.81. The molecule has 0 fully saturated rings. The van der Waals surface area contributed by atoms with Gasteiger partial charge in [0.25, 0.3) is 0 Å². The molecule has 0 N–H and O–H groups in total. The number of methoxy groups -OCH3 is 1. The highest BCUT2D eigenvalue weighted by atomic mass is 16.5. The van der Waals surface area contributed by atoms with Crippen LogP contribution in [0.4, 0.5) is 0 Å². The molecule has 94 valence electrons. The van der Waals surface area contributed by atoms with E-state index in [-0.39, 0.29) is 5.78 Å². The predicted octanol–water partition coefficient (Wildman–Crippen LogP) is 1.64. The smallest absolute Gasteiger partial charge is 0.184 e. The molecule has 5 nitrogen and oxygen atoms in total. The second kappa shape index (κ2) is 5.44. The van der Waals surface area contributed by atoms with Crippen molar-refractivity contribution in [2.24, 2.45) is 7.05 Å². The van der Waals surface area contributed by atoms with Gasteiger partial charge in [0.1, 0.15) is 5.69 Å². The highest BCUT2D eigenvalue weighted by molar-refractivity contribution is 5.97. The molecule has 0 atom stereocenters. The Morgan fingerprint density at radius 1 is 1.39 bits per heavy atom. The van der Waals surface area contributed by atoms with Gasteiger partial charge in [-0.1, -0.05) is 0 Å². The molecule has 0 spiro atoms. The molecule has 5 heteroatoms. The molecule has 2 aromatic heterocycles. The molecule has 2 aromatic rings. The fraction of sp³-hybridized carbons (Fsp3) is 0.308. The first-order chi connectivity index (χ1) is 8.72. The third-order valence-corrected chi connectivity index (χ3v) is 2.78. The van der Waals surface area contributed by atoms with Crippen LogP contribution < -0.4 is 4.74 Å². The van der Waals surface area contributed by atoms with Crippen molar-refractivity contribution in [1.29, 1.82) is 0 Å². The summed E-state index contributed by atoms with van der Waals surface area (Å²) in [6.07, 6.45) is 6.13. The minimum absolute atomic E-state index is 0.0312. The number of nitrogens with zero attached hydrogens (tertiary/aromatic N) is 3. The van der Waals surface area contributed by atoms with Crippen molar-refractivity contribution >= 4 is 5.78 Å². The largest absolute Gasteiger partial charge is 0.493 e. The van der Waals surface area contributed by atoms with Crippen molar-refractivity contribution < 1.29 is 9.53 Å². The Balaban J connectivity index is 2.06. The summed E-state index contributed by atoms with van der Waals surface area (Å²) in [7, 11) is 3.28. The summed E-state index contributed by atoms with van der Waals surface area (Å²) in [5, 5.41) is 4.02. The van der Waals surface area contributed by atoms with Crippen molar-refractivity contribution in [1.82, 2.24) is 14.8 Å². The molecule has 0 amide bonds. The van der Waals surface area contributed by atoms with Crippen molar-refractivity contribution in [2.75, 3.05) is 7.11 Å². The number of aromatic nitrogens is 3. The van der Waals surface area contributed by atoms with E-state index < -0.39 is 0 Å². The van der Waals surface area contributed by atoms with Crippen LogP contribution in [-0.4, -0.2) is 27.7 Å². The lowest BCUT2D eigenvalue weighted by molar-refractivity contribution is 0.0970. The number of carbonyl (C=O) groups is 1. The third-order valence-electron chi connectivity index (χ3n) is 2.78. The predicted molar refractivity (Wildman–Crippen MR) is 66.6 cm³/mol. The second-order valence-electron chi connectivity index (χ2n) is 3.96. The quantitative estimate of drug-likeness (QED) is 0.751. The lowest BCUT2D eigenvalue weighted by Gasteiger charge is -2.04. The van der Waals surface area contributed by atoms with Gasteiger partial charge in [0.05, 0.1) is 13.3 Å². The summed E-state index contributed by atoms with van der Waals surface area (Å²) in [5.74, 6) is 0.556. The normalized spacial score (nSPS) is 10.3. The number of aryl methyl sites for hydroxylation is 2. The summed E-state index contributed by atoms with van der Waals surface area (Å²) in [5.41, 5.74) is 1.62. The monoisotopic (exact) mass is 245 g/mol. The molecule has 0 saturated heterocycles. The highest BCUT2D eigenvalue weighted by Crippen LogP contribution is 2.19. The number of ketones is 1. The third kappa shape index (κ3) is 2.56. The Hall–Kier alpha value is -2.17. The average Bonchev–Trinajstić information content (AvgIpc) is 2.78. The fourth-order valence-electron chi connectivity index (χ4n) is 1.81. The van der Waals surface area contributed by atoms with Crippen LogP contribution in [0, 0.1) is 0 Å². The van der Waals surface area contributed by atoms with E-state index in [4.69, 9.17) is 4.74 Å². The van der Waals surface area contributed by atoms with Gasteiger partial charge in [-0.2, -0.15) is 5.10 Å². The zero-order chi connectivity index (χ0) is 13.0. The van der Waals surface area contributed by atoms with Crippen LogP contribution in [0.5, 0.6) is 5.75 Å². The SMILES string of the molecule is COc1cnn(C)c1C(=O)CCc1ccncc1. The molecule has 2 heterocycles. The molecule has 0 aliphatic carbocycles. The summed E-state index contributed by atoms with van der Waals surface area (Å²) in [6.45, 7) is 0. The van der Waals surface area contributed by atoms with E-state index in [1.165, 1.54) is 7.11 Å². The lowest BCUT2D eigenvalue weighted by atomic mass is 10.1. The molecule has 0 aliphatic heterocycles. The zero-order valence-electron chi connectivity index (χ0n) is 10.5. The van der Waals surface area contributed by atoms with Crippen LogP contribution in [0.15, 0.2) is 30.7 Å². The van der Waals surface area contributed by atoms with Crippen LogP contribution in [-0.2, 0) is 13.5 Å². The number of carbonyl (C=O) groups excluding carboxylic acids is 1. The molecular formula is C13H15N3O2. The van der Waals surface area contributed by atoms with Gasteiger partial charge in [-0.15, -0.1) is 0 Å². The number of rotatable bonds is 5. The first-order valence-electron chi connectivity index (χ1n) is 5.70. The van der Waals surface area contributed by atoms with Crippen molar-refractivity contribution in [3.63, 3.8) is 0 Å². The number of hydrogen-bond acceptors (Lipinski definition) is 4. The summed E-state index contributed by atoms with van der Waals surface area (Å²) < 4.78 is 6.67. The Kier molecular flexibility index (Phi) is 3.72. The van der Waals surface area contributed by atoms with Gasteiger partial charge in [0.15, 0.2) is 11.5 Å². The van der Waals surface area contributed by atoms with Crippen molar-refractivity contribution in [2.45, 2.75) is 12.8 Å². The van der Waals surface area contributed by atoms with Gasteiger partial charge in [-0.3, -0.25) is 14.5 Å². The molecule has 0 aliphatic rings. The molecular weight excluding hydrogens is 230 g/mol.